The van der Waals surface area contributed by atoms with Crippen molar-refractivity contribution in [2.45, 2.75) is 32.7 Å². The van der Waals surface area contributed by atoms with Crippen LogP contribution < -0.4 is 10.1 Å². The molecule has 0 bridgehead atoms. The molecule has 1 aliphatic rings. The molecule has 0 aliphatic carbocycles. The summed E-state index contributed by atoms with van der Waals surface area (Å²) in [6.07, 6.45) is 2.64. The third-order valence-electron chi connectivity index (χ3n) is 4.28. The SMILES string of the molecule is CNC(CN1CCCC(C)(C)C1)c1ccccc1OC. The van der Waals surface area contributed by atoms with Crippen LogP contribution in [0.1, 0.15) is 38.3 Å². The van der Waals surface area contributed by atoms with Crippen LogP contribution in [-0.2, 0) is 0 Å². The maximum atomic E-state index is 5.50. The molecule has 0 saturated carbocycles. The first-order valence-corrected chi connectivity index (χ1v) is 7.58. The highest BCUT2D eigenvalue weighted by Crippen LogP contribution is 2.31. The van der Waals surface area contributed by atoms with E-state index in [-0.39, 0.29) is 0 Å². The molecule has 112 valence electrons. The van der Waals surface area contributed by atoms with Crippen LogP contribution in [0.15, 0.2) is 24.3 Å². The number of methoxy groups -OCH3 is 1. The number of nitrogens with one attached hydrogen (secondary N) is 1. The summed E-state index contributed by atoms with van der Waals surface area (Å²) in [6, 6.07) is 8.64. The van der Waals surface area contributed by atoms with E-state index in [1.165, 1.54) is 31.5 Å². The van der Waals surface area contributed by atoms with Gasteiger partial charge in [0.05, 0.1) is 7.11 Å². The number of hydrogen-bond donors (Lipinski definition) is 1. The summed E-state index contributed by atoms with van der Waals surface area (Å²) in [4.78, 5) is 2.58. The Bertz CT molecular complexity index is 431. The van der Waals surface area contributed by atoms with Gasteiger partial charge in [-0.05, 0) is 37.9 Å². The minimum absolute atomic E-state index is 0.319. The second-order valence-corrected chi connectivity index (χ2v) is 6.59. The number of hydrogen-bond acceptors (Lipinski definition) is 3. The van der Waals surface area contributed by atoms with Crippen molar-refractivity contribution in [2.75, 3.05) is 33.8 Å². The maximum Gasteiger partial charge on any atom is 0.123 e. The molecule has 1 N–H and O–H groups in total. The molecule has 20 heavy (non-hydrogen) atoms. The number of piperidine rings is 1. The van der Waals surface area contributed by atoms with Gasteiger partial charge in [0, 0.05) is 24.7 Å². The molecule has 1 atom stereocenters. The Morgan fingerprint density at radius 3 is 2.75 bits per heavy atom. The highest BCUT2D eigenvalue weighted by Gasteiger charge is 2.28. The highest BCUT2D eigenvalue weighted by atomic mass is 16.5. The molecule has 2 rings (SSSR count). The molecular weight excluding hydrogens is 248 g/mol. The zero-order chi connectivity index (χ0) is 14.6. The number of rotatable bonds is 5. The van der Waals surface area contributed by atoms with Crippen molar-refractivity contribution in [1.29, 1.82) is 0 Å². The van der Waals surface area contributed by atoms with E-state index in [1.54, 1.807) is 7.11 Å². The highest BCUT2D eigenvalue weighted by molar-refractivity contribution is 5.36. The fourth-order valence-corrected chi connectivity index (χ4v) is 3.26. The Morgan fingerprint density at radius 2 is 2.10 bits per heavy atom. The summed E-state index contributed by atoms with van der Waals surface area (Å²) in [5, 5.41) is 3.45. The van der Waals surface area contributed by atoms with Crippen LogP contribution in [0.2, 0.25) is 0 Å². The van der Waals surface area contributed by atoms with Gasteiger partial charge in [0.2, 0.25) is 0 Å². The smallest absolute Gasteiger partial charge is 0.123 e. The molecule has 1 aromatic carbocycles. The lowest BCUT2D eigenvalue weighted by Gasteiger charge is -2.39. The van der Waals surface area contributed by atoms with E-state index in [4.69, 9.17) is 4.74 Å². The van der Waals surface area contributed by atoms with Crippen LogP contribution in [0, 0.1) is 5.41 Å². The molecule has 0 aromatic heterocycles. The molecule has 3 nitrogen and oxygen atoms in total. The summed E-state index contributed by atoms with van der Waals surface area (Å²) in [5.41, 5.74) is 1.69. The monoisotopic (exact) mass is 276 g/mol. The van der Waals surface area contributed by atoms with Crippen LogP contribution in [-0.4, -0.2) is 38.7 Å². The molecule has 1 heterocycles. The number of nitrogens with zero attached hydrogens (tertiary/aromatic N) is 1. The quantitative estimate of drug-likeness (QED) is 0.894. The number of likely N-dealkylation sites (tertiary alicyclic amines) is 1. The third kappa shape index (κ3) is 3.74. The Morgan fingerprint density at radius 1 is 1.35 bits per heavy atom. The van der Waals surface area contributed by atoms with Gasteiger partial charge in [0.15, 0.2) is 0 Å². The Balaban J connectivity index is 2.09. The van der Waals surface area contributed by atoms with Gasteiger partial charge in [-0.1, -0.05) is 32.0 Å². The van der Waals surface area contributed by atoms with Crippen LogP contribution in [0.25, 0.3) is 0 Å². The van der Waals surface area contributed by atoms with Gasteiger partial charge in [-0.25, -0.2) is 0 Å². The average molecular weight is 276 g/mol. The van der Waals surface area contributed by atoms with Gasteiger partial charge >= 0.3 is 0 Å². The van der Waals surface area contributed by atoms with Crippen molar-refractivity contribution in [3.05, 3.63) is 29.8 Å². The molecule has 1 fully saturated rings. The number of likely N-dealkylation sites (N-methyl/N-ethyl adjacent to an activating group) is 1. The third-order valence-corrected chi connectivity index (χ3v) is 4.28. The average Bonchev–Trinajstić information content (AvgIpc) is 2.44. The standard InChI is InChI=1S/C17H28N2O/c1-17(2)10-7-11-19(13-17)12-15(18-3)14-8-5-6-9-16(14)20-4/h5-6,8-9,15,18H,7,10-13H2,1-4H3. The van der Waals surface area contributed by atoms with Gasteiger partial charge in [-0.3, -0.25) is 0 Å². The normalized spacial score (nSPS) is 20.6. The van der Waals surface area contributed by atoms with Crippen molar-refractivity contribution in [3.63, 3.8) is 0 Å². The zero-order valence-electron chi connectivity index (χ0n) is 13.3. The first-order valence-electron chi connectivity index (χ1n) is 7.58. The van der Waals surface area contributed by atoms with Gasteiger partial charge in [-0.15, -0.1) is 0 Å². The van der Waals surface area contributed by atoms with Crippen molar-refractivity contribution in [2.24, 2.45) is 5.41 Å². The van der Waals surface area contributed by atoms with E-state index in [1.807, 2.05) is 19.2 Å². The molecule has 1 unspecified atom stereocenters. The maximum absolute atomic E-state index is 5.50. The summed E-state index contributed by atoms with van der Waals surface area (Å²) < 4.78 is 5.50. The topological polar surface area (TPSA) is 24.5 Å². The Hall–Kier alpha value is -1.06. The predicted molar refractivity (Wildman–Crippen MR) is 84.2 cm³/mol. The fraction of sp³-hybridized carbons (Fsp3) is 0.647. The molecule has 0 spiro atoms. The van der Waals surface area contributed by atoms with E-state index < -0.39 is 0 Å². The van der Waals surface area contributed by atoms with Gasteiger partial charge in [-0.2, -0.15) is 0 Å². The molecule has 3 heteroatoms. The van der Waals surface area contributed by atoms with Gasteiger partial charge in [0.1, 0.15) is 5.75 Å². The van der Waals surface area contributed by atoms with Gasteiger partial charge in [0.25, 0.3) is 0 Å². The molecule has 1 saturated heterocycles. The first-order chi connectivity index (χ1) is 9.55. The summed E-state index contributed by atoms with van der Waals surface area (Å²) in [5.74, 6) is 0.975. The van der Waals surface area contributed by atoms with Crippen LogP contribution in [0.3, 0.4) is 0 Å². The minimum Gasteiger partial charge on any atom is -0.496 e. The lowest BCUT2D eigenvalue weighted by molar-refractivity contribution is 0.108. The number of benzene rings is 1. The van der Waals surface area contributed by atoms with E-state index in [0.29, 0.717) is 11.5 Å². The molecule has 0 amide bonds. The summed E-state index contributed by atoms with van der Waals surface area (Å²) in [7, 11) is 3.78. The number of para-hydroxylation sites is 1. The Kier molecular flexibility index (Phi) is 5.06. The van der Waals surface area contributed by atoms with Crippen molar-refractivity contribution < 1.29 is 4.74 Å². The minimum atomic E-state index is 0.319. The number of ether oxygens (including phenoxy) is 1. The van der Waals surface area contributed by atoms with Gasteiger partial charge < -0.3 is 15.0 Å². The fourth-order valence-electron chi connectivity index (χ4n) is 3.26. The predicted octanol–water partition coefficient (Wildman–Crippen LogP) is 3.08. The molecular formula is C17H28N2O. The molecule has 0 radical (unpaired) electrons. The largest absolute Gasteiger partial charge is 0.496 e. The molecule has 1 aliphatic heterocycles. The van der Waals surface area contributed by atoms with Crippen LogP contribution in [0.5, 0.6) is 5.75 Å². The van der Waals surface area contributed by atoms with Crippen molar-refractivity contribution in [3.8, 4) is 5.75 Å². The lowest BCUT2D eigenvalue weighted by Crippen LogP contribution is -2.43. The second kappa shape index (κ2) is 6.59. The van der Waals surface area contributed by atoms with Crippen molar-refractivity contribution in [1.82, 2.24) is 10.2 Å². The van der Waals surface area contributed by atoms with E-state index in [0.717, 1.165) is 12.3 Å². The van der Waals surface area contributed by atoms with Crippen LogP contribution in [0.4, 0.5) is 0 Å². The van der Waals surface area contributed by atoms with E-state index in [2.05, 4.69) is 36.2 Å². The molecule has 1 aromatic rings. The van der Waals surface area contributed by atoms with Crippen molar-refractivity contribution >= 4 is 0 Å². The van der Waals surface area contributed by atoms with Crippen LogP contribution >= 0.6 is 0 Å². The summed E-state index contributed by atoms with van der Waals surface area (Å²) in [6.45, 7) is 8.17. The zero-order valence-corrected chi connectivity index (χ0v) is 13.3. The second-order valence-electron chi connectivity index (χ2n) is 6.59. The van der Waals surface area contributed by atoms with E-state index in [9.17, 15) is 0 Å². The summed E-state index contributed by atoms with van der Waals surface area (Å²) >= 11 is 0. The lowest BCUT2D eigenvalue weighted by atomic mass is 9.84. The first kappa shape index (κ1) is 15.3. The Labute approximate surface area is 123 Å². The van der Waals surface area contributed by atoms with E-state index >= 15 is 0 Å².